The quantitative estimate of drug-likeness (QED) is 0.541. The minimum atomic E-state index is 1.18. The van der Waals surface area contributed by atoms with Gasteiger partial charge in [-0.2, -0.15) is 0 Å². The molecule has 18 heavy (non-hydrogen) atoms. The second kappa shape index (κ2) is 7.71. The Balaban J connectivity index is 0.000000371. The fourth-order valence-corrected chi connectivity index (χ4v) is 2.23. The van der Waals surface area contributed by atoms with Crippen LogP contribution in [0.15, 0.2) is 42.5 Å². The Labute approximate surface area is 111 Å². The van der Waals surface area contributed by atoms with E-state index >= 15 is 0 Å². The van der Waals surface area contributed by atoms with Crippen molar-refractivity contribution in [3.05, 3.63) is 53.6 Å². The molecule has 0 saturated carbocycles. The third-order valence-electron chi connectivity index (χ3n) is 2.94. The van der Waals surface area contributed by atoms with Gasteiger partial charge in [0, 0.05) is 0 Å². The van der Waals surface area contributed by atoms with Crippen LogP contribution in [0, 0.1) is 0 Å². The Morgan fingerprint density at radius 2 is 1.56 bits per heavy atom. The molecular weight excluding hydrogens is 216 g/mol. The van der Waals surface area contributed by atoms with Crippen LogP contribution in [0.3, 0.4) is 0 Å². The molecule has 0 radical (unpaired) electrons. The monoisotopic (exact) mass is 240 g/mol. The molecule has 0 bridgehead atoms. The van der Waals surface area contributed by atoms with Crippen molar-refractivity contribution < 1.29 is 0 Å². The summed E-state index contributed by atoms with van der Waals surface area (Å²) >= 11 is 0. The average molecular weight is 240 g/mol. The fourth-order valence-electron chi connectivity index (χ4n) is 2.23. The summed E-state index contributed by atoms with van der Waals surface area (Å²) < 4.78 is 0. The lowest BCUT2D eigenvalue weighted by atomic mass is 9.92. The number of hydrogen-bond donors (Lipinski definition) is 0. The number of hydrogen-bond acceptors (Lipinski definition) is 0. The smallest absolute Gasteiger partial charge is 0.0146 e. The van der Waals surface area contributed by atoms with Crippen LogP contribution in [-0.4, -0.2) is 0 Å². The van der Waals surface area contributed by atoms with Gasteiger partial charge in [0.25, 0.3) is 0 Å². The van der Waals surface area contributed by atoms with Crippen LogP contribution >= 0.6 is 0 Å². The molecule has 0 atom stereocenters. The summed E-state index contributed by atoms with van der Waals surface area (Å²) in [6.07, 6.45) is 6.87. The lowest BCUT2D eigenvalue weighted by Gasteiger charge is -2.13. The SMILES string of the molecule is C1=Cc2ccc3ccccc3c2CC1.CC.CC. The van der Waals surface area contributed by atoms with Crippen molar-refractivity contribution in [1.82, 2.24) is 0 Å². The number of aryl methyl sites for hydroxylation is 1. The zero-order chi connectivity index (χ0) is 13.4. The molecule has 0 aromatic heterocycles. The first-order valence-electron chi connectivity index (χ1n) is 7.12. The molecule has 96 valence electrons. The van der Waals surface area contributed by atoms with Crippen LogP contribution < -0.4 is 0 Å². The predicted molar refractivity (Wildman–Crippen MR) is 84.0 cm³/mol. The lowest BCUT2D eigenvalue weighted by molar-refractivity contribution is 0.997. The highest BCUT2D eigenvalue weighted by Gasteiger charge is 2.07. The lowest BCUT2D eigenvalue weighted by Crippen LogP contribution is -1.94. The molecule has 0 spiro atoms. The Morgan fingerprint density at radius 1 is 0.833 bits per heavy atom. The average Bonchev–Trinajstić information content (AvgIpc) is 2.51. The molecule has 0 nitrogen and oxygen atoms in total. The fraction of sp³-hybridized carbons (Fsp3) is 0.333. The Bertz CT molecular complexity index is 506. The van der Waals surface area contributed by atoms with Crippen LogP contribution in [0.1, 0.15) is 45.2 Å². The first-order chi connectivity index (χ1) is 8.95. The molecule has 3 rings (SSSR count). The number of allylic oxidation sites excluding steroid dienone is 1. The van der Waals surface area contributed by atoms with Crippen molar-refractivity contribution in [2.45, 2.75) is 40.5 Å². The van der Waals surface area contributed by atoms with Gasteiger partial charge in [-0.25, -0.2) is 0 Å². The highest BCUT2D eigenvalue weighted by Crippen LogP contribution is 2.27. The van der Waals surface area contributed by atoms with E-state index in [9.17, 15) is 0 Å². The van der Waals surface area contributed by atoms with E-state index in [2.05, 4.69) is 48.6 Å². The standard InChI is InChI=1S/C14H12.2C2H6/c1-3-7-13-11(5-1)9-10-12-6-2-4-8-14(12)13;2*1-2/h1-3,5-7,9-10H,4,8H2;2*1-2H3. The third-order valence-corrected chi connectivity index (χ3v) is 2.94. The predicted octanol–water partition coefficient (Wildman–Crippen LogP) is 5.85. The minimum absolute atomic E-state index is 1.18. The van der Waals surface area contributed by atoms with E-state index < -0.39 is 0 Å². The summed E-state index contributed by atoms with van der Waals surface area (Å²) in [5.74, 6) is 0. The van der Waals surface area contributed by atoms with E-state index in [1.54, 1.807) is 0 Å². The topological polar surface area (TPSA) is 0 Å². The summed E-state index contributed by atoms with van der Waals surface area (Å²) in [6, 6.07) is 13.1. The summed E-state index contributed by atoms with van der Waals surface area (Å²) in [5, 5.41) is 2.79. The van der Waals surface area contributed by atoms with Gasteiger partial charge in [0.05, 0.1) is 0 Å². The summed E-state index contributed by atoms with van der Waals surface area (Å²) in [7, 11) is 0. The Kier molecular flexibility index (Phi) is 6.21. The molecule has 0 saturated heterocycles. The van der Waals surface area contributed by atoms with Gasteiger partial charge >= 0.3 is 0 Å². The van der Waals surface area contributed by atoms with Crippen LogP contribution in [0.25, 0.3) is 16.8 Å². The third kappa shape index (κ3) is 3.01. The molecule has 0 aliphatic heterocycles. The van der Waals surface area contributed by atoms with E-state index in [1.807, 2.05) is 27.7 Å². The van der Waals surface area contributed by atoms with Crippen LogP contribution in [-0.2, 0) is 6.42 Å². The first kappa shape index (κ1) is 14.5. The molecule has 0 N–H and O–H groups in total. The Hall–Kier alpha value is -1.56. The maximum atomic E-state index is 2.26. The molecule has 1 aliphatic carbocycles. The second-order valence-electron chi connectivity index (χ2n) is 3.80. The highest BCUT2D eigenvalue weighted by atomic mass is 14.1. The maximum absolute atomic E-state index is 2.26. The van der Waals surface area contributed by atoms with Crippen molar-refractivity contribution in [2.75, 3.05) is 0 Å². The van der Waals surface area contributed by atoms with E-state index in [0.717, 1.165) is 0 Å². The van der Waals surface area contributed by atoms with Crippen molar-refractivity contribution in [3.8, 4) is 0 Å². The van der Waals surface area contributed by atoms with Gasteiger partial charge in [0.15, 0.2) is 0 Å². The highest BCUT2D eigenvalue weighted by molar-refractivity contribution is 5.89. The molecular formula is C18H24. The molecule has 0 unspecified atom stereocenters. The summed E-state index contributed by atoms with van der Waals surface area (Å²) in [6.45, 7) is 8.00. The number of fused-ring (bicyclic) bond motifs is 3. The molecule has 0 heterocycles. The van der Waals surface area contributed by atoms with Gasteiger partial charge in [-0.05, 0) is 34.7 Å². The van der Waals surface area contributed by atoms with E-state index in [0.29, 0.717) is 0 Å². The van der Waals surface area contributed by atoms with E-state index in [-0.39, 0.29) is 0 Å². The van der Waals surface area contributed by atoms with Gasteiger partial charge < -0.3 is 0 Å². The molecule has 1 aliphatic rings. The van der Waals surface area contributed by atoms with Gasteiger partial charge in [-0.15, -0.1) is 0 Å². The zero-order valence-electron chi connectivity index (χ0n) is 12.0. The second-order valence-corrected chi connectivity index (χ2v) is 3.80. The van der Waals surface area contributed by atoms with Crippen LogP contribution in [0.5, 0.6) is 0 Å². The normalized spacial score (nSPS) is 11.8. The van der Waals surface area contributed by atoms with E-state index in [1.165, 1.54) is 34.7 Å². The maximum Gasteiger partial charge on any atom is -0.0146 e. The minimum Gasteiger partial charge on any atom is -0.0836 e. The van der Waals surface area contributed by atoms with Gasteiger partial charge in [-0.3, -0.25) is 0 Å². The van der Waals surface area contributed by atoms with Crippen LogP contribution in [0.4, 0.5) is 0 Å². The molecule has 0 amide bonds. The van der Waals surface area contributed by atoms with Crippen molar-refractivity contribution in [3.63, 3.8) is 0 Å². The number of rotatable bonds is 0. The van der Waals surface area contributed by atoms with Crippen molar-refractivity contribution >= 4 is 16.8 Å². The van der Waals surface area contributed by atoms with Crippen molar-refractivity contribution in [1.29, 1.82) is 0 Å². The molecule has 2 aromatic rings. The van der Waals surface area contributed by atoms with Crippen LogP contribution in [0.2, 0.25) is 0 Å². The summed E-state index contributed by atoms with van der Waals surface area (Å²) in [5.41, 5.74) is 2.92. The molecule has 0 heteroatoms. The molecule has 0 fully saturated rings. The van der Waals surface area contributed by atoms with E-state index in [4.69, 9.17) is 0 Å². The summed E-state index contributed by atoms with van der Waals surface area (Å²) in [4.78, 5) is 0. The first-order valence-corrected chi connectivity index (χ1v) is 7.12. The van der Waals surface area contributed by atoms with Crippen molar-refractivity contribution in [2.24, 2.45) is 0 Å². The van der Waals surface area contributed by atoms with Gasteiger partial charge in [-0.1, -0.05) is 76.2 Å². The number of benzene rings is 2. The zero-order valence-corrected chi connectivity index (χ0v) is 12.0. The molecule has 2 aromatic carbocycles. The largest absolute Gasteiger partial charge is 0.0836 e. The Morgan fingerprint density at radius 3 is 2.33 bits per heavy atom. The van der Waals surface area contributed by atoms with Gasteiger partial charge in [0.1, 0.15) is 0 Å². The van der Waals surface area contributed by atoms with Gasteiger partial charge in [0.2, 0.25) is 0 Å².